The Morgan fingerprint density at radius 3 is 2.90 bits per heavy atom. The van der Waals surface area contributed by atoms with Crippen molar-refractivity contribution in [3.8, 4) is 0 Å². The summed E-state index contributed by atoms with van der Waals surface area (Å²) in [6, 6.07) is 12.6. The maximum Gasteiger partial charge on any atom is 0.123 e. The highest BCUT2D eigenvalue weighted by atomic mass is 19.1. The summed E-state index contributed by atoms with van der Waals surface area (Å²) in [5, 5.41) is 0. The second-order valence-electron chi connectivity index (χ2n) is 5.27. The summed E-state index contributed by atoms with van der Waals surface area (Å²) >= 11 is 0. The molecule has 1 aliphatic rings. The van der Waals surface area contributed by atoms with E-state index >= 15 is 0 Å². The van der Waals surface area contributed by atoms with Gasteiger partial charge in [0.05, 0.1) is 12.6 Å². The standard InChI is InChI=1S/C17H18FNO/c1-11-6-7-13(18)10-15(11)16(19)17-14-5-3-2-4-12(14)8-9-20-17/h2-7,10,16-17H,8-9,19H2,1H3. The molecule has 0 radical (unpaired) electrons. The lowest BCUT2D eigenvalue weighted by atomic mass is 9.89. The van der Waals surface area contributed by atoms with E-state index in [-0.39, 0.29) is 18.0 Å². The zero-order valence-electron chi connectivity index (χ0n) is 11.5. The lowest BCUT2D eigenvalue weighted by Crippen LogP contribution is -2.27. The first-order chi connectivity index (χ1) is 9.66. The molecule has 104 valence electrons. The van der Waals surface area contributed by atoms with Crippen LogP contribution in [0.4, 0.5) is 4.39 Å². The van der Waals surface area contributed by atoms with Gasteiger partial charge in [-0.1, -0.05) is 30.3 Å². The van der Waals surface area contributed by atoms with Crippen LogP contribution in [0.2, 0.25) is 0 Å². The van der Waals surface area contributed by atoms with Crippen molar-refractivity contribution in [3.63, 3.8) is 0 Å². The van der Waals surface area contributed by atoms with Gasteiger partial charge < -0.3 is 10.5 Å². The molecule has 2 unspecified atom stereocenters. The quantitative estimate of drug-likeness (QED) is 0.908. The molecule has 0 aliphatic carbocycles. The van der Waals surface area contributed by atoms with Crippen LogP contribution in [-0.4, -0.2) is 6.61 Å². The summed E-state index contributed by atoms with van der Waals surface area (Å²) in [7, 11) is 0. The maximum absolute atomic E-state index is 13.5. The van der Waals surface area contributed by atoms with E-state index in [9.17, 15) is 4.39 Å². The first kappa shape index (κ1) is 13.3. The van der Waals surface area contributed by atoms with Crippen LogP contribution in [0.1, 0.15) is 34.4 Å². The fourth-order valence-electron chi connectivity index (χ4n) is 2.86. The Balaban J connectivity index is 1.99. The summed E-state index contributed by atoms with van der Waals surface area (Å²) in [6.45, 7) is 2.60. The summed E-state index contributed by atoms with van der Waals surface area (Å²) < 4.78 is 19.3. The molecule has 20 heavy (non-hydrogen) atoms. The Hall–Kier alpha value is -1.71. The molecule has 1 heterocycles. The minimum absolute atomic E-state index is 0.208. The normalized spacial score (nSPS) is 19.4. The van der Waals surface area contributed by atoms with Crippen molar-refractivity contribution in [3.05, 3.63) is 70.5 Å². The van der Waals surface area contributed by atoms with E-state index in [1.54, 1.807) is 6.07 Å². The fraction of sp³-hybridized carbons (Fsp3) is 0.294. The van der Waals surface area contributed by atoms with Gasteiger partial charge in [-0.05, 0) is 47.7 Å². The van der Waals surface area contributed by atoms with Crippen molar-refractivity contribution in [1.29, 1.82) is 0 Å². The van der Waals surface area contributed by atoms with Crippen LogP contribution in [0.3, 0.4) is 0 Å². The molecule has 0 spiro atoms. The van der Waals surface area contributed by atoms with Crippen molar-refractivity contribution < 1.29 is 9.13 Å². The number of halogens is 1. The predicted molar refractivity (Wildman–Crippen MR) is 76.9 cm³/mol. The second-order valence-corrected chi connectivity index (χ2v) is 5.27. The van der Waals surface area contributed by atoms with Crippen LogP contribution in [0, 0.1) is 12.7 Å². The topological polar surface area (TPSA) is 35.2 Å². The smallest absolute Gasteiger partial charge is 0.123 e. The van der Waals surface area contributed by atoms with Crippen LogP contribution < -0.4 is 5.73 Å². The SMILES string of the molecule is Cc1ccc(F)cc1C(N)C1OCCc2ccccc21. The Bertz CT molecular complexity index is 626. The molecule has 1 aliphatic heterocycles. The molecular formula is C17H18FNO. The summed E-state index contributed by atoms with van der Waals surface area (Å²) in [5.41, 5.74) is 10.6. The molecule has 0 saturated carbocycles. The molecule has 0 bridgehead atoms. The minimum atomic E-state index is -0.354. The van der Waals surface area contributed by atoms with E-state index in [1.807, 2.05) is 25.1 Å². The van der Waals surface area contributed by atoms with Gasteiger partial charge in [-0.3, -0.25) is 0 Å². The van der Waals surface area contributed by atoms with E-state index in [0.29, 0.717) is 6.61 Å². The molecule has 0 amide bonds. The van der Waals surface area contributed by atoms with Gasteiger partial charge >= 0.3 is 0 Å². The van der Waals surface area contributed by atoms with Crippen molar-refractivity contribution in [2.75, 3.05) is 6.61 Å². The van der Waals surface area contributed by atoms with Crippen molar-refractivity contribution >= 4 is 0 Å². The zero-order valence-corrected chi connectivity index (χ0v) is 11.5. The van der Waals surface area contributed by atoms with Gasteiger partial charge in [0.2, 0.25) is 0 Å². The summed E-state index contributed by atoms with van der Waals surface area (Å²) in [5.74, 6) is -0.259. The Morgan fingerprint density at radius 2 is 2.05 bits per heavy atom. The molecule has 3 rings (SSSR count). The van der Waals surface area contributed by atoms with E-state index in [2.05, 4.69) is 6.07 Å². The van der Waals surface area contributed by atoms with Crippen LogP contribution in [0.5, 0.6) is 0 Å². The Kier molecular flexibility index (Phi) is 3.55. The number of fused-ring (bicyclic) bond motifs is 1. The monoisotopic (exact) mass is 271 g/mol. The highest BCUT2D eigenvalue weighted by Gasteiger charge is 2.28. The first-order valence-electron chi connectivity index (χ1n) is 6.88. The number of rotatable bonds is 2. The van der Waals surface area contributed by atoms with E-state index in [0.717, 1.165) is 23.1 Å². The molecule has 3 heteroatoms. The van der Waals surface area contributed by atoms with Gasteiger partial charge in [0.25, 0.3) is 0 Å². The second kappa shape index (κ2) is 5.35. The maximum atomic E-state index is 13.5. The van der Waals surface area contributed by atoms with Crippen LogP contribution in [0.15, 0.2) is 42.5 Å². The highest BCUT2D eigenvalue weighted by molar-refractivity contribution is 5.36. The van der Waals surface area contributed by atoms with Crippen LogP contribution in [0.25, 0.3) is 0 Å². The third-order valence-electron chi connectivity index (χ3n) is 3.96. The van der Waals surface area contributed by atoms with Crippen molar-refractivity contribution in [2.45, 2.75) is 25.5 Å². The summed E-state index contributed by atoms with van der Waals surface area (Å²) in [4.78, 5) is 0. The number of nitrogens with two attached hydrogens (primary N) is 1. The van der Waals surface area contributed by atoms with Gasteiger partial charge in [-0.15, -0.1) is 0 Å². The average Bonchev–Trinajstić information content (AvgIpc) is 2.48. The van der Waals surface area contributed by atoms with E-state index in [1.165, 1.54) is 17.7 Å². The van der Waals surface area contributed by atoms with Gasteiger partial charge in [-0.2, -0.15) is 0 Å². The first-order valence-corrected chi connectivity index (χ1v) is 6.88. The lowest BCUT2D eigenvalue weighted by molar-refractivity contribution is 0.0239. The molecule has 0 saturated heterocycles. The third kappa shape index (κ3) is 2.35. The fourth-order valence-corrected chi connectivity index (χ4v) is 2.86. The average molecular weight is 271 g/mol. The third-order valence-corrected chi connectivity index (χ3v) is 3.96. The van der Waals surface area contributed by atoms with E-state index < -0.39 is 0 Å². The van der Waals surface area contributed by atoms with Crippen molar-refractivity contribution in [2.24, 2.45) is 5.73 Å². The molecule has 2 aromatic carbocycles. The molecule has 2 nitrogen and oxygen atoms in total. The van der Waals surface area contributed by atoms with Crippen LogP contribution in [-0.2, 0) is 11.2 Å². The Labute approximate surface area is 118 Å². The molecule has 2 aromatic rings. The molecular weight excluding hydrogens is 253 g/mol. The molecule has 0 aromatic heterocycles. The number of ether oxygens (including phenoxy) is 1. The van der Waals surface area contributed by atoms with Gasteiger partial charge in [0.1, 0.15) is 11.9 Å². The number of aryl methyl sites for hydroxylation is 1. The number of hydrogen-bond acceptors (Lipinski definition) is 2. The molecule has 2 N–H and O–H groups in total. The minimum Gasteiger partial charge on any atom is -0.371 e. The molecule has 0 fully saturated rings. The summed E-state index contributed by atoms with van der Waals surface area (Å²) in [6.07, 6.45) is 0.696. The van der Waals surface area contributed by atoms with Gasteiger partial charge in [0.15, 0.2) is 0 Å². The predicted octanol–water partition coefficient (Wildman–Crippen LogP) is 3.45. The molecule has 2 atom stereocenters. The van der Waals surface area contributed by atoms with Crippen LogP contribution >= 0.6 is 0 Å². The van der Waals surface area contributed by atoms with Gasteiger partial charge in [-0.25, -0.2) is 4.39 Å². The highest BCUT2D eigenvalue weighted by Crippen LogP contribution is 2.36. The van der Waals surface area contributed by atoms with Crippen molar-refractivity contribution in [1.82, 2.24) is 0 Å². The number of hydrogen-bond donors (Lipinski definition) is 1. The Morgan fingerprint density at radius 1 is 1.25 bits per heavy atom. The van der Waals surface area contributed by atoms with E-state index in [4.69, 9.17) is 10.5 Å². The lowest BCUT2D eigenvalue weighted by Gasteiger charge is -2.31. The number of benzene rings is 2. The largest absolute Gasteiger partial charge is 0.371 e. The zero-order chi connectivity index (χ0) is 14.1. The van der Waals surface area contributed by atoms with Gasteiger partial charge in [0, 0.05) is 0 Å².